The van der Waals surface area contributed by atoms with Crippen LogP contribution in [0.5, 0.6) is 0 Å². The SMILES string of the molecule is Cc1csc(-c2ccc(Nc3cc(CC(=O)C4CC4)nc4c3nc(C(F)F)n4C3CCCCO3)c(S(C)(=O)=O)c2)n1. The summed E-state index contributed by atoms with van der Waals surface area (Å²) in [4.78, 5) is 26.1. The Kier molecular flexibility index (Phi) is 7.37. The third kappa shape index (κ3) is 5.75. The van der Waals surface area contributed by atoms with E-state index in [-0.39, 0.29) is 45.6 Å². The molecule has 0 spiro atoms. The average molecular weight is 602 g/mol. The van der Waals surface area contributed by atoms with Crippen LogP contribution in [0.3, 0.4) is 0 Å². The Morgan fingerprint density at radius 1 is 1.15 bits per heavy atom. The normalized spacial score (nSPS) is 17.8. The van der Waals surface area contributed by atoms with Crippen molar-refractivity contribution in [2.24, 2.45) is 5.92 Å². The lowest BCUT2D eigenvalue weighted by atomic mass is 10.1. The minimum Gasteiger partial charge on any atom is -0.358 e. The molecule has 1 saturated heterocycles. The number of nitrogens with one attached hydrogen (secondary N) is 1. The number of pyridine rings is 1. The molecule has 1 aliphatic carbocycles. The van der Waals surface area contributed by atoms with Gasteiger partial charge in [-0.3, -0.25) is 9.36 Å². The second-order valence-electron chi connectivity index (χ2n) is 10.6. The van der Waals surface area contributed by atoms with Gasteiger partial charge in [-0.25, -0.2) is 32.2 Å². The van der Waals surface area contributed by atoms with Gasteiger partial charge in [0.25, 0.3) is 6.43 Å². The van der Waals surface area contributed by atoms with E-state index in [2.05, 4.69) is 20.3 Å². The van der Waals surface area contributed by atoms with Gasteiger partial charge in [0.1, 0.15) is 22.5 Å². The van der Waals surface area contributed by atoms with E-state index in [1.165, 1.54) is 15.9 Å². The number of halogens is 2. The molecule has 1 N–H and O–H groups in total. The Hall–Kier alpha value is -3.29. The predicted octanol–water partition coefficient (Wildman–Crippen LogP) is 6.17. The molecule has 1 saturated carbocycles. The summed E-state index contributed by atoms with van der Waals surface area (Å²) in [5.74, 6) is -0.450. The molecule has 0 bridgehead atoms. The van der Waals surface area contributed by atoms with Crippen LogP contribution >= 0.6 is 11.3 Å². The van der Waals surface area contributed by atoms with Crippen molar-refractivity contribution in [1.29, 1.82) is 0 Å². The number of imidazole rings is 1. The number of sulfone groups is 1. The van der Waals surface area contributed by atoms with Crippen molar-refractivity contribution in [2.75, 3.05) is 18.2 Å². The zero-order chi connectivity index (χ0) is 28.9. The van der Waals surface area contributed by atoms with Crippen LogP contribution in [0.2, 0.25) is 0 Å². The lowest BCUT2D eigenvalue weighted by Gasteiger charge is -2.25. The van der Waals surface area contributed by atoms with Crippen molar-refractivity contribution in [1.82, 2.24) is 19.5 Å². The Morgan fingerprint density at radius 3 is 2.59 bits per heavy atom. The number of hydrogen-bond donors (Lipinski definition) is 1. The molecule has 41 heavy (non-hydrogen) atoms. The summed E-state index contributed by atoms with van der Waals surface area (Å²) in [6.45, 7) is 2.29. The minimum absolute atomic E-state index is 0.00833. The van der Waals surface area contributed by atoms with E-state index in [9.17, 15) is 22.0 Å². The summed E-state index contributed by atoms with van der Waals surface area (Å²) in [5.41, 5.74) is 2.72. The smallest absolute Gasteiger partial charge is 0.295 e. The maximum Gasteiger partial charge on any atom is 0.295 e. The fraction of sp³-hybridized carbons (Fsp3) is 0.429. The minimum atomic E-state index is -3.72. The average Bonchev–Trinajstić information content (AvgIpc) is 3.58. The first-order valence-corrected chi connectivity index (χ1v) is 16.2. The van der Waals surface area contributed by atoms with Crippen LogP contribution in [0.1, 0.15) is 62.0 Å². The van der Waals surface area contributed by atoms with E-state index >= 15 is 0 Å². The number of ether oxygens (including phenoxy) is 1. The molecule has 2 aliphatic rings. The zero-order valence-corrected chi connectivity index (χ0v) is 24.2. The number of fused-ring (bicyclic) bond motifs is 1. The molecule has 2 fully saturated rings. The highest BCUT2D eigenvalue weighted by Crippen LogP contribution is 2.38. The maximum atomic E-state index is 14.3. The number of aryl methyl sites for hydroxylation is 1. The topological polar surface area (TPSA) is 116 Å². The molecular formula is C28H29F2N5O4S2. The molecule has 4 aromatic rings. The molecular weight excluding hydrogens is 572 g/mol. The van der Waals surface area contributed by atoms with Crippen molar-refractivity contribution >= 4 is 49.5 Å². The predicted molar refractivity (Wildman–Crippen MR) is 151 cm³/mol. The molecule has 1 atom stereocenters. The molecule has 13 heteroatoms. The van der Waals surface area contributed by atoms with Gasteiger partial charge in [-0.15, -0.1) is 11.3 Å². The fourth-order valence-corrected chi connectivity index (χ4v) is 6.76. The monoisotopic (exact) mass is 601 g/mol. The van der Waals surface area contributed by atoms with Crippen LogP contribution in [0, 0.1) is 12.8 Å². The van der Waals surface area contributed by atoms with Crippen molar-refractivity contribution in [3.8, 4) is 10.6 Å². The van der Waals surface area contributed by atoms with Crippen LogP contribution in [0.25, 0.3) is 21.7 Å². The zero-order valence-electron chi connectivity index (χ0n) is 22.6. The molecule has 0 amide bonds. The van der Waals surface area contributed by atoms with E-state index in [1.807, 2.05) is 12.3 Å². The first-order chi connectivity index (χ1) is 19.6. The number of anilines is 2. The summed E-state index contributed by atoms with van der Waals surface area (Å²) in [7, 11) is -3.72. The van der Waals surface area contributed by atoms with Crippen molar-refractivity contribution in [2.45, 2.75) is 63.0 Å². The molecule has 1 unspecified atom stereocenters. The van der Waals surface area contributed by atoms with E-state index in [4.69, 9.17) is 4.74 Å². The lowest BCUT2D eigenvalue weighted by molar-refractivity contribution is -0.119. The highest BCUT2D eigenvalue weighted by atomic mass is 32.2. The second kappa shape index (κ2) is 10.8. The molecule has 1 aromatic carbocycles. The van der Waals surface area contributed by atoms with Gasteiger partial charge in [-0.05, 0) is 63.3 Å². The Bertz CT molecular complexity index is 1740. The Balaban J connectivity index is 1.50. The quantitative estimate of drug-likeness (QED) is 0.242. The Morgan fingerprint density at radius 2 is 1.95 bits per heavy atom. The van der Waals surface area contributed by atoms with Gasteiger partial charge in [-0.2, -0.15) is 0 Å². The third-order valence-corrected chi connectivity index (χ3v) is 9.42. The van der Waals surface area contributed by atoms with Gasteiger partial charge in [-0.1, -0.05) is 0 Å². The standard InChI is InChI=1S/C28H29F2N5O4S2/c1-15-14-40-28(31-15)17-8-9-19(22(11-17)41(2,37)38)33-20-12-18(13-21(36)16-6-7-16)32-26-24(20)34-27(25(29)30)35(26)23-5-3-4-10-39-23/h8-9,11-12,14,16,23,25H,3-7,10,13H2,1-2H3,(H,32,33). The first kappa shape index (κ1) is 27.9. The van der Waals surface area contributed by atoms with Gasteiger partial charge >= 0.3 is 0 Å². The number of Topliss-reactive ketones (excluding diaryl/α,β-unsaturated/α-hetero) is 1. The number of hydrogen-bond acceptors (Lipinski definition) is 9. The molecule has 9 nitrogen and oxygen atoms in total. The van der Waals surface area contributed by atoms with E-state index in [0.29, 0.717) is 29.3 Å². The van der Waals surface area contributed by atoms with E-state index in [1.54, 1.807) is 24.3 Å². The molecule has 0 radical (unpaired) electrons. The van der Waals surface area contributed by atoms with Gasteiger partial charge in [0.2, 0.25) is 0 Å². The maximum absolute atomic E-state index is 14.3. The highest BCUT2D eigenvalue weighted by molar-refractivity contribution is 7.90. The summed E-state index contributed by atoms with van der Waals surface area (Å²) < 4.78 is 61.6. The van der Waals surface area contributed by atoms with Crippen LogP contribution in [0.4, 0.5) is 20.2 Å². The number of rotatable bonds is 9. The van der Waals surface area contributed by atoms with E-state index < -0.39 is 28.3 Å². The van der Waals surface area contributed by atoms with Crippen LogP contribution in [-0.4, -0.2) is 46.6 Å². The summed E-state index contributed by atoms with van der Waals surface area (Å²) in [5, 5.41) is 5.70. The van der Waals surface area contributed by atoms with Crippen molar-refractivity contribution < 1.29 is 26.7 Å². The van der Waals surface area contributed by atoms with Crippen LogP contribution in [-0.2, 0) is 25.8 Å². The largest absolute Gasteiger partial charge is 0.358 e. The number of alkyl halides is 2. The van der Waals surface area contributed by atoms with Gasteiger partial charge in [0.15, 0.2) is 21.3 Å². The Labute approximate surface area is 239 Å². The van der Waals surface area contributed by atoms with Gasteiger partial charge < -0.3 is 10.1 Å². The lowest BCUT2D eigenvalue weighted by Crippen LogP contribution is -2.21. The van der Waals surface area contributed by atoms with Crippen molar-refractivity contribution in [3.05, 3.63) is 46.9 Å². The third-order valence-electron chi connectivity index (χ3n) is 7.27. The van der Waals surface area contributed by atoms with Gasteiger partial charge in [0.05, 0.1) is 22.0 Å². The van der Waals surface area contributed by atoms with Crippen LogP contribution in [0.15, 0.2) is 34.5 Å². The fourth-order valence-electron chi connectivity index (χ4n) is 5.11. The second-order valence-corrected chi connectivity index (χ2v) is 13.5. The number of benzene rings is 1. The van der Waals surface area contributed by atoms with Gasteiger partial charge in [0, 0.05) is 41.8 Å². The number of carbonyl (C=O) groups excluding carboxylic acids is 1. The molecule has 216 valence electrons. The highest BCUT2D eigenvalue weighted by Gasteiger charge is 2.32. The number of ketones is 1. The number of thiazole rings is 1. The molecule has 1 aliphatic heterocycles. The van der Waals surface area contributed by atoms with E-state index in [0.717, 1.165) is 37.6 Å². The summed E-state index contributed by atoms with van der Waals surface area (Å²) in [6.07, 6.45) is 1.41. The van der Waals surface area contributed by atoms with Crippen molar-refractivity contribution in [3.63, 3.8) is 0 Å². The summed E-state index contributed by atoms with van der Waals surface area (Å²) >= 11 is 1.41. The molecule has 4 heterocycles. The first-order valence-electron chi connectivity index (χ1n) is 13.5. The number of aromatic nitrogens is 4. The number of nitrogens with zero attached hydrogens (tertiary/aromatic N) is 4. The summed E-state index contributed by atoms with van der Waals surface area (Å²) in [6, 6.07) is 6.52. The molecule has 6 rings (SSSR count). The van der Waals surface area contributed by atoms with Crippen LogP contribution < -0.4 is 5.32 Å². The number of carbonyl (C=O) groups is 1. The molecule has 3 aromatic heterocycles.